The maximum absolute atomic E-state index is 3.63. The van der Waals surface area contributed by atoms with E-state index in [1.54, 1.807) is 0 Å². The van der Waals surface area contributed by atoms with Gasteiger partial charge in [0.2, 0.25) is 0 Å². The van der Waals surface area contributed by atoms with Crippen LogP contribution in [0, 0.1) is 22.7 Å². The van der Waals surface area contributed by atoms with E-state index in [1.165, 1.54) is 44.1 Å². The molecule has 4 fully saturated rings. The molecule has 0 aromatic rings. The SMILES string of the molecule is CNC(C=C(C)C)C12CC3CC(CC(C)(C3)C1)C2. The summed E-state index contributed by atoms with van der Waals surface area (Å²) in [6.07, 6.45) is 11.5. The minimum atomic E-state index is 0.574. The van der Waals surface area contributed by atoms with E-state index in [2.05, 4.69) is 39.2 Å². The van der Waals surface area contributed by atoms with Gasteiger partial charge < -0.3 is 5.32 Å². The molecule has 4 rings (SSSR count). The Morgan fingerprint density at radius 2 is 1.78 bits per heavy atom. The fourth-order valence-corrected chi connectivity index (χ4v) is 6.06. The smallest absolute Gasteiger partial charge is 0.0306 e. The highest BCUT2D eigenvalue weighted by atomic mass is 14.9. The van der Waals surface area contributed by atoms with Gasteiger partial charge in [-0.25, -0.2) is 0 Å². The third-order valence-corrected chi connectivity index (χ3v) is 5.87. The first-order valence-electron chi connectivity index (χ1n) is 7.77. The summed E-state index contributed by atoms with van der Waals surface area (Å²) in [6, 6.07) is 0.604. The summed E-state index contributed by atoms with van der Waals surface area (Å²) in [5, 5.41) is 3.63. The molecule has 1 N–H and O–H groups in total. The van der Waals surface area contributed by atoms with Gasteiger partial charge in [-0.2, -0.15) is 0 Å². The van der Waals surface area contributed by atoms with Crippen molar-refractivity contribution in [3.05, 3.63) is 11.6 Å². The lowest BCUT2D eigenvalue weighted by Gasteiger charge is -2.63. The summed E-state index contributed by atoms with van der Waals surface area (Å²) >= 11 is 0. The fourth-order valence-electron chi connectivity index (χ4n) is 6.06. The van der Waals surface area contributed by atoms with Crippen molar-refractivity contribution in [3.8, 4) is 0 Å². The average Bonchev–Trinajstić information content (AvgIpc) is 2.21. The van der Waals surface area contributed by atoms with Gasteiger partial charge in [-0.15, -0.1) is 0 Å². The lowest BCUT2D eigenvalue weighted by molar-refractivity contribution is -0.110. The summed E-state index contributed by atoms with van der Waals surface area (Å²) in [4.78, 5) is 0. The van der Waals surface area contributed by atoms with Crippen LogP contribution in [0.2, 0.25) is 0 Å². The van der Waals surface area contributed by atoms with Gasteiger partial charge in [0.05, 0.1) is 0 Å². The van der Waals surface area contributed by atoms with Gasteiger partial charge in [-0.1, -0.05) is 18.6 Å². The van der Waals surface area contributed by atoms with E-state index in [4.69, 9.17) is 0 Å². The Bertz CT molecular complexity index is 350. The zero-order chi connectivity index (χ0) is 13.0. The zero-order valence-corrected chi connectivity index (χ0v) is 12.6. The Labute approximate surface area is 112 Å². The first-order chi connectivity index (χ1) is 8.45. The number of hydrogen-bond donors (Lipinski definition) is 1. The van der Waals surface area contributed by atoms with Crippen LogP contribution in [0.5, 0.6) is 0 Å². The third kappa shape index (κ3) is 1.95. The molecule has 4 aliphatic carbocycles. The Morgan fingerprint density at radius 3 is 2.22 bits per heavy atom. The van der Waals surface area contributed by atoms with E-state index >= 15 is 0 Å². The number of nitrogens with one attached hydrogen (secondary N) is 1. The minimum absolute atomic E-state index is 0.574. The maximum Gasteiger partial charge on any atom is 0.0306 e. The van der Waals surface area contributed by atoms with Gasteiger partial charge in [0.15, 0.2) is 0 Å². The molecule has 0 saturated heterocycles. The summed E-state index contributed by atoms with van der Waals surface area (Å²) in [6.45, 7) is 7.05. The van der Waals surface area contributed by atoms with Crippen molar-refractivity contribution < 1.29 is 0 Å². The Kier molecular flexibility index (Phi) is 2.89. The summed E-state index contributed by atoms with van der Waals surface area (Å²) < 4.78 is 0. The van der Waals surface area contributed by atoms with Crippen LogP contribution in [0.25, 0.3) is 0 Å². The molecule has 18 heavy (non-hydrogen) atoms. The van der Waals surface area contributed by atoms with Gasteiger partial charge in [-0.3, -0.25) is 0 Å². The van der Waals surface area contributed by atoms with Gasteiger partial charge in [0, 0.05) is 6.04 Å². The second kappa shape index (κ2) is 4.10. The van der Waals surface area contributed by atoms with Crippen molar-refractivity contribution in [3.63, 3.8) is 0 Å². The average molecular weight is 247 g/mol. The number of likely N-dealkylation sites (N-methyl/N-ethyl adjacent to an activating group) is 1. The maximum atomic E-state index is 3.63. The molecule has 1 heteroatoms. The van der Waals surface area contributed by atoms with E-state index in [-0.39, 0.29) is 0 Å². The van der Waals surface area contributed by atoms with Crippen LogP contribution in [0.1, 0.15) is 59.3 Å². The van der Waals surface area contributed by atoms with Crippen molar-refractivity contribution in [1.29, 1.82) is 0 Å². The third-order valence-electron chi connectivity index (χ3n) is 5.87. The number of allylic oxidation sites excluding steroid dienone is 1. The molecule has 0 aliphatic heterocycles. The molecule has 0 heterocycles. The zero-order valence-electron chi connectivity index (χ0n) is 12.6. The van der Waals surface area contributed by atoms with Crippen LogP contribution in [0.3, 0.4) is 0 Å². The Hall–Kier alpha value is -0.300. The van der Waals surface area contributed by atoms with E-state index < -0.39 is 0 Å². The molecule has 4 bridgehead atoms. The highest BCUT2D eigenvalue weighted by Crippen LogP contribution is 2.66. The molecule has 4 aliphatic rings. The van der Waals surface area contributed by atoms with Crippen molar-refractivity contribution in [2.45, 2.75) is 65.3 Å². The molecule has 4 saturated carbocycles. The van der Waals surface area contributed by atoms with E-state index in [0.717, 1.165) is 11.8 Å². The molecule has 0 amide bonds. The number of rotatable bonds is 3. The topological polar surface area (TPSA) is 12.0 Å². The highest BCUT2D eigenvalue weighted by molar-refractivity contribution is 5.15. The predicted molar refractivity (Wildman–Crippen MR) is 77.5 cm³/mol. The second-order valence-corrected chi connectivity index (χ2v) is 8.14. The molecule has 0 aromatic heterocycles. The predicted octanol–water partition coefficient (Wildman–Crippen LogP) is 4.15. The lowest BCUT2D eigenvalue weighted by atomic mass is 9.43. The summed E-state index contributed by atoms with van der Waals surface area (Å²) in [5.41, 5.74) is 2.70. The molecular weight excluding hydrogens is 218 g/mol. The van der Waals surface area contributed by atoms with Crippen molar-refractivity contribution in [2.75, 3.05) is 7.05 Å². The molecule has 102 valence electrons. The molecule has 0 aromatic carbocycles. The van der Waals surface area contributed by atoms with Gasteiger partial charge in [0.1, 0.15) is 0 Å². The first kappa shape index (κ1) is 12.7. The highest BCUT2D eigenvalue weighted by Gasteiger charge is 2.57. The largest absolute Gasteiger partial charge is 0.313 e. The van der Waals surface area contributed by atoms with E-state index in [9.17, 15) is 0 Å². The van der Waals surface area contributed by atoms with Crippen LogP contribution in [0.15, 0.2) is 11.6 Å². The summed E-state index contributed by atoms with van der Waals surface area (Å²) in [7, 11) is 2.16. The molecule has 3 unspecified atom stereocenters. The van der Waals surface area contributed by atoms with E-state index in [0.29, 0.717) is 16.9 Å². The minimum Gasteiger partial charge on any atom is -0.313 e. The van der Waals surface area contributed by atoms with Crippen LogP contribution in [0.4, 0.5) is 0 Å². The van der Waals surface area contributed by atoms with Crippen molar-refractivity contribution >= 4 is 0 Å². The quantitative estimate of drug-likeness (QED) is 0.739. The first-order valence-corrected chi connectivity index (χ1v) is 7.77. The van der Waals surface area contributed by atoms with Gasteiger partial charge in [0.25, 0.3) is 0 Å². The van der Waals surface area contributed by atoms with Crippen LogP contribution >= 0.6 is 0 Å². The number of hydrogen-bond acceptors (Lipinski definition) is 1. The molecular formula is C17H29N. The molecule has 0 radical (unpaired) electrons. The molecule has 0 spiro atoms. The van der Waals surface area contributed by atoms with Crippen LogP contribution < -0.4 is 5.32 Å². The Morgan fingerprint density at radius 1 is 1.17 bits per heavy atom. The monoisotopic (exact) mass is 247 g/mol. The lowest BCUT2D eigenvalue weighted by Crippen LogP contribution is -2.57. The van der Waals surface area contributed by atoms with Gasteiger partial charge >= 0.3 is 0 Å². The fraction of sp³-hybridized carbons (Fsp3) is 0.882. The van der Waals surface area contributed by atoms with Crippen LogP contribution in [-0.2, 0) is 0 Å². The molecule has 3 atom stereocenters. The summed E-state index contributed by atoms with van der Waals surface area (Å²) in [5.74, 6) is 2.05. The molecule has 1 nitrogen and oxygen atoms in total. The van der Waals surface area contributed by atoms with Crippen molar-refractivity contribution in [1.82, 2.24) is 5.32 Å². The second-order valence-electron chi connectivity index (χ2n) is 8.14. The standard InChI is InChI=1S/C17H29N/c1-12(2)5-15(18-4)17-9-13-6-14(10-17)8-16(3,7-13)11-17/h5,13-15,18H,6-11H2,1-4H3. The normalized spacial score (nSPS) is 47.1. The Balaban J connectivity index is 1.92. The van der Waals surface area contributed by atoms with Crippen LogP contribution in [-0.4, -0.2) is 13.1 Å². The van der Waals surface area contributed by atoms with Gasteiger partial charge in [-0.05, 0) is 82.1 Å². The van der Waals surface area contributed by atoms with E-state index in [1.807, 2.05) is 0 Å². The van der Waals surface area contributed by atoms with Crippen molar-refractivity contribution in [2.24, 2.45) is 22.7 Å².